The molecular formula is C21H16ClN3OS2. The normalized spacial score (nSPS) is 10.8. The SMILES string of the molecule is Cc1sc(NC(=O)Cc2csc(-c3ccccc3)n2)nc1-c1ccc(Cl)cc1. The number of nitrogens with zero attached hydrogens (tertiary/aromatic N) is 2. The lowest BCUT2D eigenvalue weighted by atomic mass is 10.1. The Balaban J connectivity index is 1.44. The van der Waals surface area contributed by atoms with Gasteiger partial charge < -0.3 is 5.32 Å². The molecule has 0 saturated carbocycles. The molecule has 140 valence electrons. The van der Waals surface area contributed by atoms with Crippen LogP contribution in [0.4, 0.5) is 5.13 Å². The maximum absolute atomic E-state index is 12.4. The predicted octanol–water partition coefficient (Wildman–Crippen LogP) is 6.08. The molecule has 7 heteroatoms. The van der Waals surface area contributed by atoms with Crippen LogP contribution in [0.3, 0.4) is 0 Å². The molecule has 4 aromatic rings. The zero-order valence-corrected chi connectivity index (χ0v) is 17.4. The highest BCUT2D eigenvalue weighted by atomic mass is 35.5. The van der Waals surface area contributed by atoms with E-state index in [-0.39, 0.29) is 12.3 Å². The Hall–Kier alpha value is -2.54. The van der Waals surface area contributed by atoms with Crippen LogP contribution < -0.4 is 5.32 Å². The summed E-state index contributed by atoms with van der Waals surface area (Å²) in [6.45, 7) is 1.99. The Morgan fingerprint density at radius 1 is 1.04 bits per heavy atom. The first kappa shape index (κ1) is 18.8. The Labute approximate surface area is 175 Å². The monoisotopic (exact) mass is 425 g/mol. The molecule has 0 atom stereocenters. The molecule has 0 unspecified atom stereocenters. The van der Waals surface area contributed by atoms with Gasteiger partial charge in [0, 0.05) is 26.4 Å². The van der Waals surface area contributed by atoms with E-state index in [1.807, 2.05) is 66.9 Å². The molecule has 0 radical (unpaired) electrons. The average Bonchev–Trinajstić information content (AvgIpc) is 3.30. The molecule has 4 rings (SSSR count). The molecule has 2 heterocycles. The number of halogens is 1. The number of carbonyl (C=O) groups is 1. The number of thiazole rings is 2. The standard InChI is InChI=1S/C21H16ClN3OS2/c1-13-19(14-7-9-16(22)10-8-14)25-21(28-13)24-18(26)11-17-12-27-20(23-17)15-5-3-2-4-6-15/h2-10,12H,11H2,1H3,(H,24,25,26). The van der Waals surface area contributed by atoms with Crippen LogP contribution in [-0.2, 0) is 11.2 Å². The number of rotatable bonds is 5. The molecule has 4 nitrogen and oxygen atoms in total. The van der Waals surface area contributed by atoms with Crippen molar-refractivity contribution >= 4 is 45.3 Å². The molecule has 0 aliphatic heterocycles. The lowest BCUT2D eigenvalue weighted by molar-refractivity contribution is -0.115. The van der Waals surface area contributed by atoms with Gasteiger partial charge in [0.15, 0.2) is 5.13 Å². The third-order valence-corrected chi connectivity index (χ3v) is 6.15. The van der Waals surface area contributed by atoms with Crippen LogP contribution >= 0.6 is 34.3 Å². The third-order valence-electron chi connectivity index (χ3n) is 4.07. The van der Waals surface area contributed by atoms with E-state index in [1.165, 1.54) is 11.3 Å². The number of carbonyl (C=O) groups excluding carboxylic acids is 1. The first-order chi connectivity index (χ1) is 13.6. The minimum absolute atomic E-state index is 0.124. The molecule has 2 aromatic carbocycles. The van der Waals surface area contributed by atoms with E-state index in [9.17, 15) is 4.79 Å². The van der Waals surface area contributed by atoms with Gasteiger partial charge >= 0.3 is 0 Å². The smallest absolute Gasteiger partial charge is 0.232 e. The van der Waals surface area contributed by atoms with Crippen molar-refractivity contribution in [2.45, 2.75) is 13.3 Å². The number of amides is 1. The second-order valence-corrected chi connectivity index (χ2v) is 8.66. The second kappa shape index (κ2) is 8.22. The van der Waals surface area contributed by atoms with Crippen LogP contribution in [-0.4, -0.2) is 15.9 Å². The van der Waals surface area contributed by atoms with Gasteiger partial charge in [-0.2, -0.15) is 0 Å². The number of benzene rings is 2. The van der Waals surface area contributed by atoms with Gasteiger partial charge in [-0.1, -0.05) is 54.1 Å². The molecule has 2 aromatic heterocycles. The summed E-state index contributed by atoms with van der Waals surface area (Å²) in [7, 11) is 0. The van der Waals surface area contributed by atoms with Crippen LogP contribution in [0.1, 0.15) is 10.6 Å². The van der Waals surface area contributed by atoms with Crippen LogP contribution in [0.15, 0.2) is 60.0 Å². The Morgan fingerprint density at radius 3 is 2.54 bits per heavy atom. The summed E-state index contributed by atoms with van der Waals surface area (Å²) in [5.41, 5.74) is 3.65. The van der Waals surface area contributed by atoms with E-state index < -0.39 is 0 Å². The van der Waals surface area contributed by atoms with Crippen molar-refractivity contribution in [3.05, 3.63) is 75.6 Å². The zero-order chi connectivity index (χ0) is 19.5. The summed E-state index contributed by atoms with van der Waals surface area (Å²) in [6.07, 6.45) is 0.220. The minimum atomic E-state index is -0.124. The van der Waals surface area contributed by atoms with E-state index in [0.29, 0.717) is 10.2 Å². The van der Waals surface area contributed by atoms with Crippen LogP contribution in [0.5, 0.6) is 0 Å². The van der Waals surface area contributed by atoms with Crippen LogP contribution in [0, 0.1) is 6.92 Å². The van der Waals surface area contributed by atoms with Crippen molar-refractivity contribution in [3.8, 4) is 21.8 Å². The van der Waals surface area contributed by atoms with Gasteiger partial charge in [0.2, 0.25) is 5.91 Å². The van der Waals surface area contributed by atoms with E-state index in [0.717, 1.165) is 32.4 Å². The fraction of sp³-hybridized carbons (Fsp3) is 0.0952. The van der Waals surface area contributed by atoms with Gasteiger partial charge in [0.1, 0.15) is 5.01 Å². The second-order valence-electron chi connectivity index (χ2n) is 6.17. The van der Waals surface area contributed by atoms with Gasteiger partial charge in [0.25, 0.3) is 0 Å². The summed E-state index contributed by atoms with van der Waals surface area (Å²) in [6, 6.07) is 17.5. The van der Waals surface area contributed by atoms with E-state index in [4.69, 9.17) is 11.6 Å². The number of aryl methyl sites for hydroxylation is 1. The summed E-state index contributed by atoms with van der Waals surface area (Å²) >= 11 is 8.95. The Kier molecular flexibility index (Phi) is 5.52. The predicted molar refractivity (Wildman–Crippen MR) is 117 cm³/mol. The number of anilines is 1. The first-order valence-corrected chi connectivity index (χ1v) is 10.7. The van der Waals surface area contributed by atoms with E-state index in [2.05, 4.69) is 15.3 Å². The minimum Gasteiger partial charge on any atom is -0.302 e. The quantitative estimate of drug-likeness (QED) is 0.421. The highest BCUT2D eigenvalue weighted by molar-refractivity contribution is 7.16. The highest BCUT2D eigenvalue weighted by Gasteiger charge is 2.14. The van der Waals surface area contributed by atoms with Crippen molar-refractivity contribution in [1.29, 1.82) is 0 Å². The largest absolute Gasteiger partial charge is 0.302 e. The van der Waals surface area contributed by atoms with Gasteiger partial charge in [0.05, 0.1) is 17.8 Å². The third kappa shape index (κ3) is 4.30. The molecule has 1 N–H and O–H groups in total. The maximum atomic E-state index is 12.4. The van der Waals surface area contributed by atoms with E-state index >= 15 is 0 Å². The fourth-order valence-corrected chi connectivity index (χ4v) is 4.56. The van der Waals surface area contributed by atoms with Crippen molar-refractivity contribution in [2.75, 3.05) is 5.32 Å². The highest BCUT2D eigenvalue weighted by Crippen LogP contribution is 2.31. The number of hydrogen-bond acceptors (Lipinski definition) is 5. The van der Waals surface area contributed by atoms with Crippen LogP contribution in [0.2, 0.25) is 5.02 Å². The zero-order valence-electron chi connectivity index (χ0n) is 15.0. The average molecular weight is 426 g/mol. The summed E-state index contributed by atoms with van der Waals surface area (Å²) in [4.78, 5) is 22.6. The van der Waals surface area contributed by atoms with Gasteiger partial charge in [-0.25, -0.2) is 9.97 Å². The number of aromatic nitrogens is 2. The number of hydrogen-bond donors (Lipinski definition) is 1. The topological polar surface area (TPSA) is 54.9 Å². The van der Waals surface area contributed by atoms with Gasteiger partial charge in [-0.3, -0.25) is 4.79 Å². The molecule has 0 spiro atoms. The Bertz CT molecular complexity index is 1100. The molecule has 0 fully saturated rings. The summed E-state index contributed by atoms with van der Waals surface area (Å²) in [5.74, 6) is -0.124. The first-order valence-electron chi connectivity index (χ1n) is 8.61. The lowest BCUT2D eigenvalue weighted by Crippen LogP contribution is -2.14. The molecule has 0 bridgehead atoms. The molecule has 0 aliphatic rings. The van der Waals surface area contributed by atoms with Gasteiger partial charge in [-0.05, 0) is 19.1 Å². The van der Waals surface area contributed by atoms with Gasteiger partial charge in [-0.15, -0.1) is 22.7 Å². The fourth-order valence-electron chi connectivity index (χ4n) is 2.75. The lowest BCUT2D eigenvalue weighted by Gasteiger charge is -2.00. The number of nitrogens with one attached hydrogen (secondary N) is 1. The maximum Gasteiger partial charge on any atom is 0.232 e. The molecule has 1 amide bonds. The van der Waals surface area contributed by atoms with Crippen molar-refractivity contribution in [3.63, 3.8) is 0 Å². The van der Waals surface area contributed by atoms with Crippen molar-refractivity contribution in [2.24, 2.45) is 0 Å². The van der Waals surface area contributed by atoms with Crippen molar-refractivity contribution < 1.29 is 4.79 Å². The summed E-state index contributed by atoms with van der Waals surface area (Å²) in [5, 5.41) is 7.00. The molecule has 0 aliphatic carbocycles. The molecule has 28 heavy (non-hydrogen) atoms. The van der Waals surface area contributed by atoms with Crippen LogP contribution in [0.25, 0.3) is 21.8 Å². The Morgan fingerprint density at radius 2 is 1.79 bits per heavy atom. The summed E-state index contributed by atoms with van der Waals surface area (Å²) < 4.78 is 0. The van der Waals surface area contributed by atoms with Crippen molar-refractivity contribution in [1.82, 2.24) is 9.97 Å². The van der Waals surface area contributed by atoms with E-state index in [1.54, 1.807) is 11.3 Å². The molecule has 0 saturated heterocycles. The molecular weight excluding hydrogens is 410 g/mol.